The van der Waals surface area contributed by atoms with E-state index in [-0.39, 0.29) is 12.3 Å². The molecule has 152 valence electrons. The Kier molecular flexibility index (Phi) is 5.46. The first kappa shape index (κ1) is 20.6. The topological polar surface area (TPSA) is 75.7 Å². The highest BCUT2D eigenvalue weighted by molar-refractivity contribution is 6.11. The lowest BCUT2D eigenvalue weighted by atomic mass is 9.90. The fourth-order valence-corrected chi connectivity index (χ4v) is 3.51. The van der Waals surface area contributed by atoms with Gasteiger partial charge < -0.3 is 10.1 Å². The number of Topliss-reactive ketones (excluding diaryl/α,β-unsaturated/α-hetero) is 1. The third-order valence-corrected chi connectivity index (χ3v) is 5.45. The minimum absolute atomic E-state index is 0.279. The summed E-state index contributed by atoms with van der Waals surface area (Å²) in [7, 11) is 1.58. The highest BCUT2D eigenvalue weighted by Gasteiger charge is 2.49. The van der Waals surface area contributed by atoms with E-state index < -0.39 is 17.5 Å². The van der Waals surface area contributed by atoms with Crippen LogP contribution in [0.4, 0.5) is 4.79 Å². The van der Waals surface area contributed by atoms with Gasteiger partial charge in [-0.15, -0.1) is 0 Å². The number of hydrogen-bond donors (Lipinski definition) is 1. The van der Waals surface area contributed by atoms with Crippen LogP contribution < -0.4 is 10.1 Å². The smallest absolute Gasteiger partial charge is 0.325 e. The molecule has 0 radical (unpaired) electrons. The van der Waals surface area contributed by atoms with Gasteiger partial charge in [-0.3, -0.25) is 14.5 Å². The third-order valence-electron chi connectivity index (χ3n) is 5.45. The largest absolute Gasteiger partial charge is 0.496 e. The van der Waals surface area contributed by atoms with E-state index in [1.807, 2.05) is 25.1 Å². The zero-order valence-electron chi connectivity index (χ0n) is 17.4. The number of rotatable bonds is 6. The number of carbonyl (C=O) groups excluding carboxylic acids is 3. The van der Waals surface area contributed by atoms with E-state index in [1.54, 1.807) is 38.3 Å². The molecule has 0 saturated carbocycles. The van der Waals surface area contributed by atoms with Crippen LogP contribution in [-0.2, 0) is 10.3 Å². The Bertz CT molecular complexity index is 965. The molecule has 1 N–H and O–H groups in total. The minimum Gasteiger partial charge on any atom is -0.496 e. The molecule has 6 nitrogen and oxygen atoms in total. The molecule has 1 atom stereocenters. The van der Waals surface area contributed by atoms with Crippen LogP contribution >= 0.6 is 0 Å². The molecule has 1 unspecified atom stereocenters. The number of benzene rings is 2. The normalized spacial score (nSPS) is 18.9. The summed E-state index contributed by atoms with van der Waals surface area (Å²) in [5.74, 6) is 0.336. The van der Waals surface area contributed by atoms with Crippen molar-refractivity contribution in [1.82, 2.24) is 10.2 Å². The van der Waals surface area contributed by atoms with Crippen LogP contribution in [0.15, 0.2) is 42.5 Å². The maximum atomic E-state index is 13.1. The number of ketones is 1. The summed E-state index contributed by atoms with van der Waals surface area (Å²) in [5.41, 5.74) is 1.87. The first-order chi connectivity index (χ1) is 13.7. The number of hydrogen-bond acceptors (Lipinski definition) is 4. The van der Waals surface area contributed by atoms with Crippen molar-refractivity contribution in [2.24, 2.45) is 0 Å². The van der Waals surface area contributed by atoms with Crippen molar-refractivity contribution < 1.29 is 19.1 Å². The van der Waals surface area contributed by atoms with Gasteiger partial charge in [0.25, 0.3) is 5.91 Å². The summed E-state index contributed by atoms with van der Waals surface area (Å²) in [4.78, 5) is 39.2. The van der Waals surface area contributed by atoms with Crippen molar-refractivity contribution in [3.63, 3.8) is 0 Å². The van der Waals surface area contributed by atoms with Crippen LogP contribution in [0.5, 0.6) is 5.75 Å². The van der Waals surface area contributed by atoms with Gasteiger partial charge in [0.05, 0.1) is 13.7 Å². The number of amides is 3. The average Bonchev–Trinajstić information content (AvgIpc) is 2.92. The maximum Gasteiger partial charge on any atom is 0.325 e. The van der Waals surface area contributed by atoms with Crippen molar-refractivity contribution in [2.45, 2.75) is 39.2 Å². The Hall–Kier alpha value is -3.15. The van der Waals surface area contributed by atoms with Gasteiger partial charge in [0.1, 0.15) is 11.3 Å². The van der Waals surface area contributed by atoms with E-state index >= 15 is 0 Å². The second-order valence-corrected chi connectivity index (χ2v) is 7.83. The number of methoxy groups -OCH3 is 1. The van der Waals surface area contributed by atoms with Gasteiger partial charge in [-0.1, -0.05) is 44.2 Å². The number of aryl methyl sites for hydroxylation is 1. The van der Waals surface area contributed by atoms with E-state index in [1.165, 1.54) is 0 Å². The van der Waals surface area contributed by atoms with Gasteiger partial charge in [-0.2, -0.15) is 0 Å². The van der Waals surface area contributed by atoms with Crippen LogP contribution in [0.3, 0.4) is 0 Å². The second-order valence-electron chi connectivity index (χ2n) is 7.83. The molecule has 1 fully saturated rings. The predicted octanol–water partition coefficient (Wildman–Crippen LogP) is 3.78. The van der Waals surface area contributed by atoms with Crippen LogP contribution in [0, 0.1) is 6.92 Å². The number of carbonyl (C=O) groups is 3. The Balaban J connectivity index is 1.81. The van der Waals surface area contributed by atoms with Crippen molar-refractivity contribution in [1.29, 1.82) is 0 Å². The van der Waals surface area contributed by atoms with Crippen LogP contribution in [0.1, 0.15) is 53.7 Å². The molecule has 1 saturated heterocycles. The monoisotopic (exact) mass is 394 g/mol. The number of nitrogens with zero attached hydrogens (tertiary/aromatic N) is 1. The highest BCUT2D eigenvalue weighted by atomic mass is 16.5. The van der Waals surface area contributed by atoms with E-state index in [0.717, 1.165) is 16.0 Å². The van der Waals surface area contributed by atoms with Crippen LogP contribution in [0.2, 0.25) is 0 Å². The number of imide groups is 1. The summed E-state index contributed by atoms with van der Waals surface area (Å²) in [6.07, 6.45) is 0. The molecule has 1 aliphatic rings. The van der Waals surface area contributed by atoms with Crippen LogP contribution in [0.25, 0.3) is 0 Å². The molecular weight excluding hydrogens is 368 g/mol. The summed E-state index contributed by atoms with van der Waals surface area (Å²) in [6.45, 7) is 7.37. The molecule has 2 aromatic rings. The summed E-state index contributed by atoms with van der Waals surface area (Å²) in [6, 6.07) is 12.0. The Morgan fingerprint density at radius 2 is 1.79 bits per heavy atom. The molecule has 0 aliphatic carbocycles. The van der Waals surface area contributed by atoms with Crippen molar-refractivity contribution in [3.05, 3.63) is 64.7 Å². The van der Waals surface area contributed by atoms with E-state index in [4.69, 9.17) is 4.74 Å². The van der Waals surface area contributed by atoms with Crippen molar-refractivity contribution >= 4 is 17.7 Å². The van der Waals surface area contributed by atoms with Gasteiger partial charge in [-0.05, 0) is 48.6 Å². The summed E-state index contributed by atoms with van der Waals surface area (Å²) < 4.78 is 5.26. The fourth-order valence-electron chi connectivity index (χ4n) is 3.51. The third kappa shape index (κ3) is 3.75. The van der Waals surface area contributed by atoms with Crippen molar-refractivity contribution in [2.75, 3.05) is 13.7 Å². The molecule has 0 aromatic heterocycles. The Morgan fingerprint density at radius 3 is 2.34 bits per heavy atom. The average molecular weight is 394 g/mol. The molecule has 6 heteroatoms. The standard InChI is InChI=1S/C23H26N2O4/c1-14(2)16-6-8-17(9-7-16)19(26)13-25-21(27)23(4,24-22(25)28)18-10-11-20(29-5)15(3)12-18/h6-12,14H,13H2,1-5H3,(H,24,28). The zero-order chi connectivity index (χ0) is 21.3. The second kappa shape index (κ2) is 7.70. The van der Waals surface area contributed by atoms with Crippen LogP contribution in [-0.4, -0.2) is 36.3 Å². The van der Waals surface area contributed by atoms with E-state index in [2.05, 4.69) is 19.2 Å². The maximum absolute atomic E-state index is 13.1. The molecule has 0 spiro atoms. The zero-order valence-corrected chi connectivity index (χ0v) is 17.4. The van der Waals surface area contributed by atoms with Gasteiger partial charge in [0.2, 0.25) is 0 Å². The molecule has 1 heterocycles. The molecule has 1 aliphatic heterocycles. The number of ether oxygens (including phenoxy) is 1. The number of nitrogens with one attached hydrogen (secondary N) is 1. The summed E-state index contributed by atoms with van der Waals surface area (Å²) >= 11 is 0. The molecule has 0 bridgehead atoms. The molecular formula is C23H26N2O4. The SMILES string of the molecule is COc1ccc(C2(C)NC(=O)N(CC(=O)c3ccc(C(C)C)cc3)C2=O)cc1C. The van der Waals surface area contributed by atoms with Gasteiger partial charge in [-0.25, -0.2) is 4.79 Å². The van der Waals surface area contributed by atoms with E-state index in [9.17, 15) is 14.4 Å². The molecule has 2 aromatic carbocycles. The molecule has 3 amide bonds. The first-order valence-electron chi connectivity index (χ1n) is 9.59. The quantitative estimate of drug-likeness (QED) is 0.598. The lowest BCUT2D eigenvalue weighted by Gasteiger charge is -2.23. The molecule has 3 rings (SSSR count). The van der Waals surface area contributed by atoms with E-state index in [0.29, 0.717) is 22.8 Å². The fraction of sp³-hybridized carbons (Fsp3) is 0.348. The highest BCUT2D eigenvalue weighted by Crippen LogP contribution is 2.32. The van der Waals surface area contributed by atoms with Gasteiger partial charge in [0, 0.05) is 5.56 Å². The van der Waals surface area contributed by atoms with Crippen molar-refractivity contribution in [3.8, 4) is 5.75 Å². The first-order valence-corrected chi connectivity index (χ1v) is 9.59. The lowest BCUT2D eigenvalue weighted by Crippen LogP contribution is -2.41. The van der Waals surface area contributed by atoms with Gasteiger partial charge >= 0.3 is 6.03 Å². The van der Waals surface area contributed by atoms with Gasteiger partial charge in [0.15, 0.2) is 5.78 Å². The lowest BCUT2D eigenvalue weighted by molar-refractivity contribution is -0.130. The molecule has 29 heavy (non-hydrogen) atoms. The Morgan fingerprint density at radius 1 is 1.14 bits per heavy atom. The predicted molar refractivity (Wildman–Crippen MR) is 110 cm³/mol. The Labute approximate surface area is 170 Å². The summed E-state index contributed by atoms with van der Waals surface area (Å²) in [5, 5.41) is 2.74. The number of urea groups is 1. The minimum atomic E-state index is -1.23.